The van der Waals surface area contributed by atoms with Crippen LogP contribution in [0.15, 0.2) is 24.3 Å². The van der Waals surface area contributed by atoms with Crippen molar-refractivity contribution in [3.63, 3.8) is 0 Å². The lowest BCUT2D eigenvalue weighted by Crippen LogP contribution is -1.94. The van der Waals surface area contributed by atoms with Crippen LogP contribution in [0, 0.1) is 11.3 Å². The van der Waals surface area contributed by atoms with Crippen LogP contribution in [0.3, 0.4) is 0 Å². The second kappa shape index (κ2) is 4.06. The molecule has 0 fully saturated rings. The second-order valence-corrected chi connectivity index (χ2v) is 3.09. The van der Waals surface area contributed by atoms with Gasteiger partial charge in [0.2, 0.25) is 0 Å². The third-order valence-electron chi connectivity index (χ3n) is 1.81. The first-order chi connectivity index (χ1) is 6.15. The average Bonchev–Trinajstić information content (AvgIpc) is 2.17. The van der Waals surface area contributed by atoms with Crippen molar-refractivity contribution in [2.75, 3.05) is 0 Å². The first kappa shape index (κ1) is 9.76. The third-order valence-corrected chi connectivity index (χ3v) is 2.03. The summed E-state index contributed by atoms with van der Waals surface area (Å²) in [5, 5.41) is 8.16. The van der Waals surface area contributed by atoms with Gasteiger partial charge in [-0.25, -0.2) is 0 Å². The molecule has 0 aliphatic carbocycles. The van der Waals surface area contributed by atoms with Crippen LogP contribution in [0.2, 0.25) is 0 Å². The smallest absolute Gasteiger partial charge is 0.252 e. The summed E-state index contributed by atoms with van der Waals surface area (Å²) in [5.41, 5.74) is 1.25. The molecule has 1 rings (SSSR count). The number of hydrogen-bond donors (Lipinski definition) is 0. The van der Waals surface area contributed by atoms with Gasteiger partial charge in [-0.05, 0) is 30.2 Å². The van der Waals surface area contributed by atoms with E-state index < -0.39 is 5.24 Å². The van der Waals surface area contributed by atoms with Crippen LogP contribution >= 0.6 is 11.6 Å². The SMILES string of the molecule is CC(C#N)c1cccc(C(=O)Cl)c1. The summed E-state index contributed by atoms with van der Waals surface area (Å²) in [5.74, 6) is -0.212. The van der Waals surface area contributed by atoms with Gasteiger partial charge in [-0.1, -0.05) is 18.2 Å². The number of hydrogen-bond acceptors (Lipinski definition) is 2. The molecule has 2 nitrogen and oxygen atoms in total. The molecule has 0 aliphatic rings. The standard InChI is InChI=1S/C10H8ClNO/c1-7(6-12)8-3-2-4-9(5-8)10(11)13/h2-5,7H,1H3. The number of nitrogens with zero attached hydrogens (tertiary/aromatic N) is 1. The zero-order chi connectivity index (χ0) is 9.84. The number of carbonyl (C=O) groups is 1. The fraction of sp³-hybridized carbons (Fsp3) is 0.200. The lowest BCUT2D eigenvalue weighted by atomic mass is 10.0. The highest BCUT2D eigenvalue weighted by Crippen LogP contribution is 2.16. The summed E-state index contributed by atoms with van der Waals surface area (Å²) < 4.78 is 0. The van der Waals surface area contributed by atoms with Gasteiger partial charge in [0.25, 0.3) is 5.24 Å². The van der Waals surface area contributed by atoms with Crippen molar-refractivity contribution in [3.8, 4) is 6.07 Å². The quantitative estimate of drug-likeness (QED) is 0.678. The molecule has 3 heteroatoms. The molecule has 0 heterocycles. The topological polar surface area (TPSA) is 40.9 Å². The number of benzene rings is 1. The molecular formula is C10H8ClNO. The summed E-state index contributed by atoms with van der Waals surface area (Å²) in [4.78, 5) is 10.8. The van der Waals surface area contributed by atoms with E-state index in [4.69, 9.17) is 16.9 Å². The molecule has 0 spiro atoms. The Morgan fingerprint density at radius 3 is 2.85 bits per heavy atom. The van der Waals surface area contributed by atoms with Gasteiger partial charge in [0.05, 0.1) is 12.0 Å². The summed E-state index contributed by atoms with van der Waals surface area (Å²) in [6.07, 6.45) is 0. The molecule has 13 heavy (non-hydrogen) atoms. The van der Waals surface area contributed by atoms with Crippen LogP contribution in [0.4, 0.5) is 0 Å². The molecule has 0 amide bonds. The van der Waals surface area contributed by atoms with Crippen molar-refractivity contribution in [1.82, 2.24) is 0 Å². The first-order valence-electron chi connectivity index (χ1n) is 3.84. The molecule has 1 aromatic rings. The van der Waals surface area contributed by atoms with Gasteiger partial charge in [-0.15, -0.1) is 0 Å². The van der Waals surface area contributed by atoms with E-state index >= 15 is 0 Å². The zero-order valence-electron chi connectivity index (χ0n) is 7.12. The van der Waals surface area contributed by atoms with Crippen LogP contribution in [0.1, 0.15) is 28.8 Å². The van der Waals surface area contributed by atoms with Gasteiger partial charge < -0.3 is 0 Å². The zero-order valence-corrected chi connectivity index (χ0v) is 7.88. The van der Waals surface area contributed by atoms with Crippen molar-refractivity contribution in [2.45, 2.75) is 12.8 Å². The van der Waals surface area contributed by atoms with Gasteiger partial charge >= 0.3 is 0 Å². The second-order valence-electron chi connectivity index (χ2n) is 2.75. The van der Waals surface area contributed by atoms with E-state index in [9.17, 15) is 4.79 Å². The van der Waals surface area contributed by atoms with Crippen LogP contribution < -0.4 is 0 Å². The molecule has 66 valence electrons. The summed E-state index contributed by atoms with van der Waals surface area (Å²) in [6, 6.07) is 8.89. The van der Waals surface area contributed by atoms with Crippen molar-refractivity contribution in [1.29, 1.82) is 5.26 Å². The van der Waals surface area contributed by atoms with Crippen molar-refractivity contribution >= 4 is 16.8 Å². The normalized spacial score (nSPS) is 11.8. The van der Waals surface area contributed by atoms with E-state index in [0.717, 1.165) is 5.56 Å². The molecule has 1 aromatic carbocycles. The summed E-state index contributed by atoms with van der Waals surface area (Å²) >= 11 is 5.30. The first-order valence-corrected chi connectivity index (χ1v) is 4.22. The minimum Gasteiger partial charge on any atom is -0.276 e. The van der Waals surface area contributed by atoms with Gasteiger partial charge in [-0.3, -0.25) is 4.79 Å². The maximum Gasteiger partial charge on any atom is 0.252 e. The number of rotatable bonds is 2. The predicted octanol–water partition coefficient (Wildman–Crippen LogP) is 2.69. The minimum absolute atomic E-state index is 0.212. The highest BCUT2D eigenvalue weighted by Gasteiger charge is 2.06. The Bertz CT molecular complexity index is 367. The Morgan fingerprint density at radius 2 is 2.31 bits per heavy atom. The molecule has 0 saturated heterocycles. The Balaban J connectivity index is 3.07. The molecular weight excluding hydrogens is 186 g/mol. The Kier molecular flexibility index (Phi) is 3.05. The van der Waals surface area contributed by atoms with E-state index in [0.29, 0.717) is 5.56 Å². The molecule has 0 bridgehead atoms. The third kappa shape index (κ3) is 2.30. The largest absolute Gasteiger partial charge is 0.276 e. The lowest BCUT2D eigenvalue weighted by Gasteiger charge is -2.02. The molecule has 0 N–H and O–H groups in total. The summed E-state index contributed by atoms with van der Waals surface area (Å²) in [7, 11) is 0. The fourth-order valence-electron chi connectivity index (χ4n) is 1.00. The maximum atomic E-state index is 10.8. The van der Waals surface area contributed by atoms with Crippen LogP contribution in [-0.4, -0.2) is 5.24 Å². The Hall–Kier alpha value is -1.33. The van der Waals surface area contributed by atoms with Crippen LogP contribution in [-0.2, 0) is 0 Å². The van der Waals surface area contributed by atoms with Gasteiger partial charge in [0, 0.05) is 5.56 Å². The molecule has 0 radical (unpaired) electrons. The molecule has 1 unspecified atom stereocenters. The molecule has 0 aliphatic heterocycles. The fourth-order valence-corrected chi connectivity index (χ4v) is 1.12. The van der Waals surface area contributed by atoms with Gasteiger partial charge in [0.1, 0.15) is 0 Å². The number of nitriles is 1. The highest BCUT2D eigenvalue weighted by atomic mass is 35.5. The van der Waals surface area contributed by atoms with E-state index in [1.54, 1.807) is 31.2 Å². The van der Waals surface area contributed by atoms with Crippen LogP contribution in [0.25, 0.3) is 0 Å². The average molecular weight is 194 g/mol. The van der Waals surface area contributed by atoms with E-state index in [-0.39, 0.29) is 5.92 Å². The monoisotopic (exact) mass is 193 g/mol. The highest BCUT2D eigenvalue weighted by molar-refractivity contribution is 6.67. The van der Waals surface area contributed by atoms with Crippen molar-refractivity contribution < 1.29 is 4.79 Å². The lowest BCUT2D eigenvalue weighted by molar-refractivity contribution is 0.108. The molecule has 0 saturated carbocycles. The molecule has 1 atom stereocenters. The van der Waals surface area contributed by atoms with Crippen molar-refractivity contribution in [3.05, 3.63) is 35.4 Å². The minimum atomic E-state index is -0.494. The number of carbonyl (C=O) groups excluding carboxylic acids is 1. The van der Waals surface area contributed by atoms with E-state index in [2.05, 4.69) is 6.07 Å². The van der Waals surface area contributed by atoms with E-state index in [1.165, 1.54) is 0 Å². The van der Waals surface area contributed by atoms with Crippen LogP contribution in [0.5, 0.6) is 0 Å². The van der Waals surface area contributed by atoms with Crippen molar-refractivity contribution in [2.24, 2.45) is 0 Å². The van der Waals surface area contributed by atoms with Gasteiger partial charge in [-0.2, -0.15) is 5.26 Å². The Labute approximate surface area is 81.7 Å². The van der Waals surface area contributed by atoms with Gasteiger partial charge in [0.15, 0.2) is 0 Å². The molecule has 0 aromatic heterocycles. The number of halogens is 1. The van der Waals surface area contributed by atoms with E-state index in [1.807, 2.05) is 0 Å². The predicted molar refractivity (Wildman–Crippen MR) is 50.7 cm³/mol. The maximum absolute atomic E-state index is 10.8. The Morgan fingerprint density at radius 1 is 1.62 bits per heavy atom. The summed E-state index contributed by atoms with van der Waals surface area (Å²) in [6.45, 7) is 1.78.